The molecule has 3 aromatic rings. The quantitative estimate of drug-likeness (QED) is 0.313. The van der Waals surface area contributed by atoms with E-state index in [1.165, 1.54) is 30.4 Å². The Morgan fingerprint density at radius 2 is 1.94 bits per heavy atom. The summed E-state index contributed by atoms with van der Waals surface area (Å²) in [6.07, 6.45) is 3.29. The maximum Gasteiger partial charge on any atom is 0.293 e. The number of nitro benzene ring substituents is 1. The largest absolute Gasteiger partial charge is 0.363 e. The van der Waals surface area contributed by atoms with Gasteiger partial charge in [0.1, 0.15) is 5.69 Å². The van der Waals surface area contributed by atoms with Gasteiger partial charge in [-0.3, -0.25) is 24.8 Å². The van der Waals surface area contributed by atoms with Crippen molar-refractivity contribution in [3.05, 3.63) is 69.5 Å². The predicted molar refractivity (Wildman–Crippen MR) is 135 cm³/mol. The van der Waals surface area contributed by atoms with Crippen LogP contribution >= 0.6 is 11.3 Å². The van der Waals surface area contributed by atoms with E-state index in [9.17, 15) is 23.3 Å². The summed E-state index contributed by atoms with van der Waals surface area (Å²) in [4.78, 5) is 35.6. The van der Waals surface area contributed by atoms with Crippen LogP contribution < -0.4 is 14.9 Å². The highest BCUT2D eigenvalue weighted by molar-refractivity contribution is 7.89. The number of sulfonamides is 1. The topological polar surface area (TPSA) is 151 Å². The molecule has 190 valence electrons. The summed E-state index contributed by atoms with van der Waals surface area (Å²) in [5, 5.41) is 15.0. The molecule has 36 heavy (non-hydrogen) atoms. The van der Waals surface area contributed by atoms with Gasteiger partial charge >= 0.3 is 0 Å². The van der Waals surface area contributed by atoms with Gasteiger partial charge in [0.2, 0.25) is 15.9 Å². The molecule has 0 radical (unpaired) electrons. The standard InChI is InChI=1S/C22H25N7O5S2/c1-16(30)26-22-24-14-18(35-22)15-27-8-10-28(11-9-27)20-6-5-19(12-21(20)29(31)32)36(33,34)25-13-17-4-2-3-7-23-17/h2-7,12,14,25H,8-11,13,15H2,1H3,(H,24,26,30). The highest BCUT2D eigenvalue weighted by Crippen LogP contribution is 2.32. The SMILES string of the molecule is CC(=O)Nc1ncc(CN2CCN(c3ccc(S(=O)(=O)NCc4ccccn4)cc3[N+](=O)[O-])CC2)s1. The van der Waals surface area contributed by atoms with E-state index in [1.807, 2.05) is 4.90 Å². The van der Waals surface area contributed by atoms with Crippen molar-refractivity contribution in [2.45, 2.75) is 24.9 Å². The van der Waals surface area contributed by atoms with Crippen molar-refractivity contribution in [2.75, 3.05) is 36.4 Å². The number of aromatic nitrogens is 2. The molecule has 1 fully saturated rings. The van der Waals surface area contributed by atoms with Gasteiger partial charge in [0.25, 0.3) is 5.69 Å². The zero-order chi connectivity index (χ0) is 25.7. The summed E-state index contributed by atoms with van der Waals surface area (Å²) < 4.78 is 27.9. The van der Waals surface area contributed by atoms with Crippen LogP contribution in [-0.4, -0.2) is 60.3 Å². The van der Waals surface area contributed by atoms with E-state index >= 15 is 0 Å². The first-order chi connectivity index (χ1) is 17.2. The van der Waals surface area contributed by atoms with Gasteiger partial charge in [-0.2, -0.15) is 0 Å². The second kappa shape index (κ2) is 11.1. The molecule has 1 saturated heterocycles. The molecule has 0 saturated carbocycles. The predicted octanol–water partition coefficient (Wildman–Crippen LogP) is 2.21. The van der Waals surface area contributed by atoms with Crippen LogP contribution in [0.4, 0.5) is 16.5 Å². The summed E-state index contributed by atoms with van der Waals surface area (Å²) in [6.45, 7) is 4.48. The van der Waals surface area contributed by atoms with Crippen molar-refractivity contribution in [1.29, 1.82) is 0 Å². The fourth-order valence-corrected chi connectivity index (χ4v) is 5.71. The fraction of sp³-hybridized carbons (Fsp3) is 0.318. The Bertz CT molecular complexity index is 1340. The van der Waals surface area contributed by atoms with Gasteiger partial charge < -0.3 is 10.2 Å². The average Bonchev–Trinajstić information content (AvgIpc) is 3.29. The Kier molecular flexibility index (Phi) is 7.88. The first kappa shape index (κ1) is 25.6. The zero-order valence-electron chi connectivity index (χ0n) is 19.5. The lowest BCUT2D eigenvalue weighted by Gasteiger charge is -2.35. The van der Waals surface area contributed by atoms with E-state index in [4.69, 9.17) is 0 Å². The van der Waals surface area contributed by atoms with Crippen LogP contribution in [0, 0.1) is 10.1 Å². The van der Waals surface area contributed by atoms with Crippen LogP contribution in [0.3, 0.4) is 0 Å². The maximum atomic E-state index is 12.7. The highest BCUT2D eigenvalue weighted by Gasteiger charge is 2.27. The number of thiazole rings is 1. The van der Waals surface area contributed by atoms with Crippen molar-refractivity contribution in [2.24, 2.45) is 0 Å². The van der Waals surface area contributed by atoms with Crippen LogP contribution in [0.15, 0.2) is 53.7 Å². The molecule has 1 amide bonds. The van der Waals surface area contributed by atoms with Gasteiger partial charge in [-0.15, -0.1) is 11.3 Å². The number of piperazine rings is 1. The Morgan fingerprint density at radius 3 is 2.61 bits per heavy atom. The molecular formula is C22H25N7O5S2. The molecule has 0 unspecified atom stereocenters. The normalized spacial score (nSPS) is 14.5. The second-order valence-corrected chi connectivity index (χ2v) is 11.0. The number of benzene rings is 1. The number of nitrogens with zero attached hydrogens (tertiary/aromatic N) is 5. The number of anilines is 2. The van der Waals surface area contributed by atoms with Crippen LogP contribution in [0.5, 0.6) is 0 Å². The van der Waals surface area contributed by atoms with Gasteiger partial charge in [-0.25, -0.2) is 18.1 Å². The van der Waals surface area contributed by atoms with Gasteiger partial charge in [-0.05, 0) is 24.3 Å². The van der Waals surface area contributed by atoms with Crippen LogP contribution in [0.1, 0.15) is 17.5 Å². The number of rotatable bonds is 9. The number of nitro groups is 1. The Morgan fingerprint density at radius 1 is 1.17 bits per heavy atom. The highest BCUT2D eigenvalue weighted by atomic mass is 32.2. The van der Waals surface area contributed by atoms with Gasteiger partial charge in [0.05, 0.1) is 22.1 Å². The lowest BCUT2D eigenvalue weighted by molar-refractivity contribution is -0.384. The number of amides is 1. The Balaban J connectivity index is 1.41. The van der Waals surface area contributed by atoms with E-state index in [0.717, 1.165) is 10.9 Å². The molecule has 14 heteroatoms. The van der Waals surface area contributed by atoms with Gasteiger partial charge in [-0.1, -0.05) is 6.07 Å². The number of hydrogen-bond donors (Lipinski definition) is 2. The lowest BCUT2D eigenvalue weighted by Crippen LogP contribution is -2.46. The average molecular weight is 532 g/mol. The smallest absolute Gasteiger partial charge is 0.293 e. The van der Waals surface area contributed by atoms with Crippen molar-refractivity contribution in [3.8, 4) is 0 Å². The summed E-state index contributed by atoms with van der Waals surface area (Å²) in [7, 11) is -3.96. The molecule has 1 aromatic carbocycles. The maximum absolute atomic E-state index is 12.7. The minimum Gasteiger partial charge on any atom is -0.363 e. The lowest BCUT2D eigenvalue weighted by atomic mass is 10.2. The number of pyridine rings is 1. The zero-order valence-corrected chi connectivity index (χ0v) is 21.1. The summed E-state index contributed by atoms with van der Waals surface area (Å²) in [5.41, 5.74) is 0.662. The number of carbonyl (C=O) groups excluding carboxylic acids is 1. The molecule has 1 aliphatic heterocycles. The van der Waals surface area contributed by atoms with Crippen molar-refractivity contribution in [3.63, 3.8) is 0 Å². The molecule has 2 N–H and O–H groups in total. The Labute approximate surface area is 212 Å². The molecule has 0 atom stereocenters. The van der Waals surface area contributed by atoms with Crippen LogP contribution in [0.2, 0.25) is 0 Å². The number of hydrogen-bond acceptors (Lipinski definition) is 10. The minimum atomic E-state index is -3.96. The third-order valence-corrected chi connectivity index (χ3v) is 7.85. The molecule has 3 heterocycles. The molecular weight excluding hydrogens is 506 g/mol. The van der Waals surface area contributed by atoms with E-state index in [-0.39, 0.29) is 23.0 Å². The van der Waals surface area contributed by atoms with E-state index in [2.05, 4.69) is 24.9 Å². The number of nitrogens with one attached hydrogen (secondary N) is 2. The Hall–Kier alpha value is -3.46. The molecule has 0 spiro atoms. The summed E-state index contributed by atoms with van der Waals surface area (Å²) >= 11 is 1.41. The molecule has 1 aliphatic rings. The van der Waals surface area contributed by atoms with E-state index in [1.54, 1.807) is 30.6 Å². The summed E-state index contributed by atoms with van der Waals surface area (Å²) in [6, 6.07) is 9.13. The van der Waals surface area contributed by atoms with Gasteiger partial charge in [0, 0.05) is 63.0 Å². The fourth-order valence-electron chi connectivity index (χ4n) is 3.80. The van der Waals surface area contributed by atoms with Crippen molar-refractivity contribution < 1.29 is 18.1 Å². The first-order valence-corrected chi connectivity index (χ1v) is 13.4. The van der Waals surface area contributed by atoms with E-state index in [0.29, 0.717) is 49.2 Å². The molecule has 4 rings (SSSR count). The molecule has 0 aliphatic carbocycles. The third kappa shape index (κ3) is 6.40. The summed E-state index contributed by atoms with van der Waals surface area (Å²) in [5.74, 6) is -0.172. The van der Waals surface area contributed by atoms with Crippen LogP contribution in [-0.2, 0) is 27.9 Å². The molecule has 12 nitrogen and oxygen atoms in total. The molecule has 2 aromatic heterocycles. The van der Waals surface area contributed by atoms with Crippen LogP contribution in [0.25, 0.3) is 0 Å². The first-order valence-electron chi connectivity index (χ1n) is 11.1. The van der Waals surface area contributed by atoms with Crippen molar-refractivity contribution >= 4 is 43.8 Å². The van der Waals surface area contributed by atoms with Gasteiger partial charge in [0.15, 0.2) is 5.13 Å². The second-order valence-electron chi connectivity index (χ2n) is 8.13. The van der Waals surface area contributed by atoms with E-state index < -0.39 is 14.9 Å². The monoisotopic (exact) mass is 531 g/mol. The number of carbonyl (C=O) groups is 1. The van der Waals surface area contributed by atoms with Crippen molar-refractivity contribution in [1.82, 2.24) is 19.6 Å². The minimum absolute atomic E-state index is 0.0211. The third-order valence-electron chi connectivity index (χ3n) is 5.55. The molecule has 0 bridgehead atoms.